The molecule has 0 unspecified atom stereocenters. The van der Waals surface area contributed by atoms with Crippen LogP contribution >= 0.6 is 11.6 Å². The van der Waals surface area contributed by atoms with Gasteiger partial charge in [0.1, 0.15) is 11.3 Å². The van der Waals surface area contributed by atoms with Gasteiger partial charge in [0, 0.05) is 10.6 Å². The van der Waals surface area contributed by atoms with Gasteiger partial charge >= 0.3 is 6.03 Å². The van der Waals surface area contributed by atoms with Gasteiger partial charge in [-0.25, -0.2) is 9.69 Å². The van der Waals surface area contributed by atoms with Crippen LogP contribution in [0.3, 0.4) is 0 Å². The average Bonchev–Trinajstić information content (AvgIpc) is 2.65. The smallest absolute Gasteiger partial charge is 0.335 e. The van der Waals surface area contributed by atoms with E-state index in [1.165, 1.54) is 13.2 Å². The molecule has 1 aliphatic heterocycles. The molecule has 0 saturated carbocycles. The molecule has 4 amide bonds. The summed E-state index contributed by atoms with van der Waals surface area (Å²) in [6.07, 6.45) is 2.20. The molecule has 1 saturated heterocycles. The van der Waals surface area contributed by atoms with E-state index in [2.05, 4.69) is 5.32 Å². The van der Waals surface area contributed by atoms with Crippen molar-refractivity contribution in [3.63, 3.8) is 0 Å². The minimum Gasteiger partial charge on any atom is -0.496 e. The predicted octanol–water partition coefficient (Wildman–Crippen LogP) is 3.58. The molecule has 0 aliphatic carbocycles. The Labute approximate surface area is 161 Å². The van der Waals surface area contributed by atoms with Gasteiger partial charge in [0.15, 0.2) is 0 Å². The zero-order valence-corrected chi connectivity index (χ0v) is 15.5. The number of amides is 4. The van der Waals surface area contributed by atoms with E-state index >= 15 is 0 Å². The molecule has 0 radical (unpaired) electrons. The summed E-state index contributed by atoms with van der Waals surface area (Å²) >= 11 is 6.01. The zero-order valence-electron chi connectivity index (χ0n) is 14.8. The highest BCUT2D eigenvalue weighted by Gasteiger charge is 2.36. The van der Waals surface area contributed by atoms with Crippen molar-refractivity contribution in [1.82, 2.24) is 5.32 Å². The summed E-state index contributed by atoms with van der Waals surface area (Å²) in [5.74, 6) is -1.04. The van der Waals surface area contributed by atoms with Crippen LogP contribution in [-0.2, 0) is 16.0 Å². The Morgan fingerprint density at radius 2 is 1.81 bits per heavy atom. The lowest BCUT2D eigenvalue weighted by Crippen LogP contribution is -2.54. The number of carbonyl (C=O) groups excluding carboxylic acids is 3. The van der Waals surface area contributed by atoms with Gasteiger partial charge in [-0.05, 0) is 48.4 Å². The van der Waals surface area contributed by atoms with Crippen LogP contribution in [0.2, 0.25) is 5.02 Å². The fraction of sp³-hybridized carbons (Fsp3) is 0.150. The number of methoxy groups -OCH3 is 1. The van der Waals surface area contributed by atoms with Gasteiger partial charge in [0.25, 0.3) is 11.8 Å². The summed E-state index contributed by atoms with van der Waals surface area (Å²) in [7, 11) is 1.47. The fourth-order valence-corrected chi connectivity index (χ4v) is 2.93. The van der Waals surface area contributed by atoms with E-state index < -0.39 is 17.8 Å². The number of barbiturate groups is 1. The number of carbonyl (C=O) groups is 3. The highest BCUT2D eigenvalue weighted by Crippen LogP contribution is 2.27. The minimum atomic E-state index is -0.788. The third-order valence-electron chi connectivity index (χ3n) is 4.20. The first-order chi connectivity index (χ1) is 12.9. The van der Waals surface area contributed by atoms with E-state index in [0.717, 1.165) is 16.9 Å². The molecular formula is C20H17ClN2O4. The Balaban J connectivity index is 2.03. The number of ether oxygens (including phenoxy) is 1. The average molecular weight is 385 g/mol. The lowest BCUT2D eigenvalue weighted by atomic mass is 10.1. The van der Waals surface area contributed by atoms with Crippen molar-refractivity contribution < 1.29 is 19.1 Å². The minimum absolute atomic E-state index is 0.185. The third kappa shape index (κ3) is 3.71. The summed E-state index contributed by atoms with van der Waals surface area (Å²) in [6, 6.07) is 11.1. The number of nitrogens with one attached hydrogen (secondary N) is 1. The summed E-state index contributed by atoms with van der Waals surface area (Å²) < 4.78 is 5.24. The van der Waals surface area contributed by atoms with E-state index in [1.54, 1.807) is 30.3 Å². The summed E-state index contributed by atoms with van der Waals surface area (Å²) in [5.41, 5.74) is 1.72. The van der Waals surface area contributed by atoms with Crippen molar-refractivity contribution in [3.8, 4) is 5.75 Å². The van der Waals surface area contributed by atoms with E-state index in [4.69, 9.17) is 16.3 Å². The number of hydrogen-bond donors (Lipinski definition) is 1. The Kier molecular flexibility index (Phi) is 5.28. The second kappa shape index (κ2) is 7.63. The van der Waals surface area contributed by atoms with Gasteiger partial charge in [0.2, 0.25) is 0 Å². The number of aryl methyl sites for hydroxylation is 1. The van der Waals surface area contributed by atoms with Crippen LogP contribution in [0.5, 0.6) is 5.75 Å². The Morgan fingerprint density at radius 3 is 2.44 bits per heavy atom. The van der Waals surface area contributed by atoms with Crippen LogP contribution in [0, 0.1) is 0 Å². The van der Waals surface area contributed by atoms with Gasteiger partial charge in [-0.1, -0.05) is 30.7 Å². The molecule has 6 nitrogen and oxygen atoms in total. The number of rotatable bonds is 4. The number of urea groups is 1. The number of hydrogen-bond acceptors (Lipinski definition) is 4. The molecule has 138 valence electrons. The van der Waals surface area contributed by atoms with Crippen LogP contribution < -0.4 is 15.0 Å². The molecule has 2 aromatic rings. The lowest BCUT2D eigenvalue weighted by molar-refractivity contribution is -0.122. The monoisotopic (exact) mass is 384 g/mol. The van der Waals surface area contributed by atoms with Gasteiger partial charge in [-0.15, -0.1) is 0 Å². The molecular weight excluding hydrogens is 368 g/mol. The maximum Gasteiger partial charge on any atom is 0.335 e. The third-order valence-corrected chi connectivity index (χ3v) is 4.43. The highest BCUT2D eigenvalue weighted by molar-refractivity contribution is 6.39. The molecule has 3 rings (SSSR count). The fourth-order valence-electron chi connectivity index (χ4n) is 2.75. The second-order valence-electron chi connectivity index (χ2n) is 5.86. The van der Waals surface area contributed by atoms with Crippen LogP contribution in [-0.4, -0.2) is 25.0 Å². The quantitative estimate of drug-likeness (QED) is 0.645. The van der Waals surface area contributed by atoms with Crippen molar-refractivity contribution in [2.75, 3.05) is 12.0 Å². The van der Waals surface area contributed by atoms with Crippen LogP contribution in [0.25, 0.3) is 6.08 Å². The molecule has 7 heteroatoms. The molecule has 1 aliphatic rings. The SMILES string of the molecule is CCc1ccc(N2C(=O)NC(=O)/C(=C\c3cc(Cl)ccc3OC)C2=O)cc1. The number of halogens is 1. The van der Waals surface area contributed by atoms with E-state index in [0.29, 0.717) is 22.0 Å². The standard InChI is InChI=1S/C20H17ClN2O4/c1-3-12-4-7-15(8-5-12)23-19(25)16(18(24)22-20(23)26)11-13-10-14(21)6-9-17(13)27-2/h4-11H,3H2,1-2H3,(H,22,24,26)/b16-11+. The van der Waals surface area contributed by atoms with Gasteiger partial charge in [-0.2, -0.15) is 0 Å². The largest absolute Gasteiger partial charge is 0.496 e. The summed E-state index contributed by atoms with van der Waals surface area (Å²) in [4.78, 5) is 38.3. The summed E-state index contributed by atoms with van der Waals surface area (Å²) in [5, 5.41) is 2.62. The van der Waals surface area contributed by atoms with Gasteiger partial charge in [0.05, 0.1) is 12.8 Å². The molecule has 1 N–H and O–H groups in total. The van der Waals surface area contributed by atoms with Gasteiger partial charge < -0.3 is 4.74 Å². The highest BCUT2D eigenvalue weighted by atomic mass is 35.5. The molecule has 2 aromatic carbocycles. The van der Waals surface area contributed by atoms with Crippen molar-refractivity contribution in [2.45, 2.75) is 13.3 Å². The first kappa shape index (κ1) is 18.7. The molecule has 1 fully saturated rings. The lowest BCUT2D eigenvalue weighted by Gasteiger charge is -2.26. The topological polar surface area (TPSA) is 75.7 Å². The normalized spacial score (nSPS) is 15.9. The second-order valence-corrected chi connectivity index (χ2v) is 6.30. The molecule has 0 spiro atoms. The van der Waals surface area contributed by atoms with Crippen LogP contribution in [0.15, 0.2) is 48.0 Å². The molecule has 1 heterocycles. The van der Waals surface area contributed by atoms with E-state index in [1.807, 2.05) is 19.1 Å². The predicted molar refractivity (Wildman–Crippen MR) is 103 cm³/mol. The number of imide groups is 2. The Morgan fingerprint density at radius 1 is 1.11 bits per heavy atom. The van der Waals surface area contributed by atoms with Crippen molar-refractivity contribution >= 4 is 41.2 Å². The van der Waals surface area contributed by atoms with E-state index in [-0.39, 0.29) is 5.57 Å². The van der Waals surface area contributed by atoms with Crippen molar-refractivity contribution in [2.24, 2.45) is 0 Å². The number of anilines is 1. The van der Waals surface area contributed by atoms with Gasteiger partial charge in [-0.3, -0.25) is 14.9 Å². The molecule has 0 aromatic heterocycles. The number of benzene rings is 2. The molecule has 0 bridgehead atoms. The first-order valence-corrected chi connectivity index (χ1v) is 8.66. The maximum atomic E-state index is 12.9. The van der Waals surface area contributed by atoms with E-state index in [9.17, 15) is 14.4 Å². The van der Waals surface area contributed by atoms with Crippen LogP contribution in [0.4, 0.5) is 10.5 Å². The Bertz CT molecular complexity index is 951. The van der Waals surface area contributed by atoms with Crippen molar-refractivity contribution in [3.05, 3.63) is 64.2 Å². The zero-order chi connectivity index (χ0) is 19.6. The maximum absolute atomic E-state index is 12.9. The van der Waals surface area contributed by atoms with Crippen LogP contribution in [0.1, 0.15) is 18.1 Å². The number of nitrogens with zero attached hydrogens (tertiary/aromatic N) is 1. The molecule has 0 atom stereocenters. The first-order valence-electron chi connectivity index (χ1n) is 8.28. The molecule has 27 heavy (non-hydrogen) atoms. The summed E-state index contributed by atoms with van der Waals surface area (Å²) in [6.45, 7) is 2.01. The Hall–Kier alpha value is -3.12. The van der Waals surface area contributed by atoms with Crippen molar-refractivity contribution in [1.29, 1.82) is 0 Å².